The number of cyclic esters (lactones) is 3. The number of esters is 5. The molecule has 0 aromatic rings. The van der Waals surface area contributed by atoms with E-state index in [1.807, 2.05) is 6.92 Å². The number of hydrogen-bond acceptors (Lipinski definition) is 14. The molecule has 10 rings (SSSR count). The minimum absolute atomic E-state index is 0.00686. The summed E-state index contributed by atoms with van der Waals surface area (Å²) in [6, 6.07) is 0. The van der Waals surface area contributed by atoms with E-state index in [0.29, 0.717) is 29.6 Å². The van der Waals surface area contributed by atoms with E-state index in [0.717, 1.165) is 0 Å². The van der Waals surface area contributed by atoms with Crippen molar-refractivity contribution in [2.24, 2.45) is 46.3 Å². The van der Waals surface area contributed by atoms with E-state index in [9.17, 15) is 44.4 Å². The van der Waals surface area contributed by atoms with Gasteiger partial charge in [0.05, 0.1) is 24.0 Å². The number of rotatable bonds is 0. The monoisotopic (exact) mass is 734 g/mol. The van der Waals surface area contributed by atoms with Crippen molar-refractivity contribution in [3.63, 3.8) is 0 Å². The molecule has 0 amide bonds. The molecule has 10 aliphatic rings. The number of carbonyl (C=O) groups is 5. The molecule has 14 heteroatoms. The normalized spacial score (nSPS) is 51.7. The van der Waals surface area contributed by atoms with Crippen LogP contribution in [0.25, 0.3) is 0 Å². The van der Waals surface area contributed by atoms with Crippen molar-refractivity contribution in [1.29, 1.82) is 0 Å². The first-order chi connectivity index (χ1) is 24.9. The fraction of sp³-hybridized carbons (Fsp3) is 0.667. The minimum Gasteiger partial charge on any atom is -0.461 e. The van der Waals surface area contributed by atoms with Gasteiger partial charge in [-0.1, -0.05) is 13.8 Å². The van der Waals surface area contributed by atoms with Gasteiger partial charge < -0.3 is 44.1 Å². The zero-order valence-electron chi connectivity index (χ0n) is 29.9. The quantitative estimate of drug-likeness (QED) is 0.202. The zero-order valence-corrected chi connectivity index (χ0v) is 29.9. The molecule has 0 radical (unpaired) electrons. The highest BCUT2D eigenvalue weighted by atomic mass is 16.7. The standard InChI is InChI=1S/C39H42O14/c1-15-7-27(42)51-14-37(47)22-8-19(22)34(3)23(37)10-18-17(13-50-26(41)6-5-25(40)49-12-15)32(44)52-38(18)24(34)11-36(46)21-9-20(21)35(4)30(36)29(38)28-16(2)31(43)53-39(28,48)33(35)45/h7,19-24,33,45-48H,5-6,8-14H2,1-4H3/b15-7-/t19-,20-,21+,22+,23-,24+,33-,34+,35+,36+,37+,38+,39+/m1/s1. The van der Waals surface area contributed by atoms with E-state index in [2.05, 4.69) is 0 Å². The van der Waals surface area contributed by atoms with Crippen molar-refractivity contribution in [2.75, 3.05) is 19.8 Å². The van der Waals surface area contributed by atoms with Crippen molar-refractivity contribution in [1.82, 2.24) is 0 Å². The number of fused-ring (bicyclic) bond motifs is 9. The second-order valence-electron chi connectivity index (χ2n) is 17.7. The molecular formula is C39H42O14. The van der Waals surface area contributed by atoms with Gasteiger partial charge in [0.15, 0.2) is 5.60 Å². The second-order valence-corrected chi connectivity index (χ2v) is 17.7. The Balaban J connectivity index is 1.21. The van der Waals surface area contributed by atoms with Crippen LogP contribution in [0, 0.1) is 46.3 Å². The van der Waals surface area contributed by atoms with Crippen molar-refractivity contribution in [3.05, 3.63) is 45.1 Å². The molecule has 3 heterocycles. The number of carbonyl (C=O) groups excluding carboxylic acids is 5. The highest BCUT2D eigenvalue weighted by Gasteiger charge is 2.87. The predicted molar refractivity (Wildman–Crippen MR) is 174 cm³/mol. The van der Waals surface area contributed by atoms with E-state index < -0.39 is 87.8 Å². The van der Waals surface area contributed by atoms with E-state index in [1.165, 1.54) is 13.0 Å². The van der Waals surface area contributed by atoms with Gasteiger partial charge in [-0.15, -0.1) is 0 Å². The molecule has 5 saturated carbocycles. The molecule has 0 unspecified atom stereocenters. The van der Waals surface area contributed by atoms with Crippen LogP contribution < -0.4 is 0 Å². The van der Waals surface area contributed by atoms with Gasteiger partial charge in [0, 0.05) is 40.0 Å². The molecule has 14 nitrogen and oxygen atoms in total. The van der Waals surface area contributed by atoms with Gasteiger partial charge in [-0.05, 0) is 85.3 Å². The van der Waals surface area contributed by atoms with Gasteiger partial charge in [0.25, 0.3) is 5.79 Å². The van der Waals surface area contributed by atoms with Crippen molar-refractivity contribution in [3.8, 4) is 0 Å². The third-order valence-electron chi connectivity index (χ3n) is 15.5. The summed E-state index contributed by atoms with van der Waals surface area (Å²) in [7, 11) is 0. The molecule has 1 spiro atoms. The van der Waals surface area contributed by atoms with Gasteiger partial charge in [-0.2, -0.15) is 0 Å². The maximum atomic E-state index is 14.4. The summed E-state index contributed by atoms with van der Waals surface area (Å²) in [4.78, 5) is 66.2. The Hall–Kier alpha value is -3.85. The van der Waals surface area contributed by atoms with E-state index >= 15 is 0 Å². The average molecular weight is 735 g/mol. The lowest BCUT2D eigenvalue weighted by Gasteiger charge is -2.64. The van der Waals surface area contributed by atoms with Gasteiger partial charge >= 0.3 is 29.8 Å². The van der Waals surface area contributed by atoms with Crippen LogP contribution in [0.5, 0.6) is 0 Å². The molecule has 282 valence electrons. The Morgan fingerprint density at radius 2 is 1.45 bits per heavy atom. The first-order valence-electron chi connectivity index (χ1n) is 18.5. The second kappa shape index (κ2) is 9.87. The van der Waals surface area contributed by atoms with Gasteiger partial charge in [0.2, 0.25) is 0 Å². The summed E-state index contributed by atoms with van der Waals surface area (Å²) in [6.45, 7) is 5.75. The Morgan fingerprint density at radius 3 is 2.17 bits per heavy atom. The number of aliphatic hydroxyl groups excluding tert-OH is 1. The Labute approximate surface area is 303 Å². The molecule has 0 saturated heterocycles. The van der Waals surface area contributed by atoms with Crippen molar-refractivity contribution < 1.29 is 68.1 Å². The van der Waals surface area contributed by atoms with Crippen LogP contribution in [0.1, 0.15) is 66.2 Å². The number of ether oxygens (including phenoxy) is 5. The molecule has 4 N–H and O–H groups in total. The van der Waals surface area contributed by atoms with Crippen LogP contribution in [0.15, 0.2) is 45.1 Å². The van der Waals surface area contributed by atoms with Crippen molar-refractivity contribution in [2.45, 2.75) is 94.9 Å². The minimum atomic E-state index is -2.51. The zero-order chi connectivity index (χ0) is 37.6. The lowest BCUT2D eigenvalue weighted by atomic mass is 9.42. The third kappa shape index (κ3) is 3.71. The van der Waals surface area contributed by atoms with Crippen LogP contribution >= 0.6 is 0 Å². The smallest absolute Gasteiger partial charge is 0.338 e. The summed E-state index contributed by atoms with van der Waals surface area (Å²) >= 11 is 0. The van der Waals surface area contributed by atoms with Crippen LogP contribution in [-0.2, 0) is 47.7 Å². The Kier molecular flexibility index (Phi) is 6.27. The van der Waals surface area contributed by atoms with Crippen LogP contribution in [0.3, 0.4) is 0 Å². The van der Waals surface area contributed by atoms with Crippen LogP contribution in [0.4, 0.5) is 0 Å². The lowest BCUT2D eigenvalue weighted by Crippen LogP contribution is -2.69. The number of aliphatic hydroxyl groups is 4. The van der Waals surface area contributed by atoms with Gasteiger partial charge in [-0.25, -0.2) is 14.4 Å². The van der Waals surface area contributed by atoms with Gasteiger partial charge in [-0.3, -0.25) is 9.59 Å². The topological polar surface area (TPSA) is 212 Å². The predicted octanol–water partition coefficient (Wildman–Crippen LogP) is 0.995. The fourth-order valence-electron chi connectivity index (χ4n) is 13.2. The molecule has 2 bridgehead atoms. The number of hydrogen-bond donors (Lipinski definition) is 4. The molecular weight excluding hydrogens is 692 g/mol. The molecule has 3 aliphatic heterocycles. The highest BCUT2D eigenvalue weighted by Crippen LogP contribution is 2.84. The Bertz CT molecular complexity index is 2020. The van der Waals surface area contributed by atoms with E-state index in [-0.39, 0.29) is 84.9 Å². The Morgan fingerprint density at radius 1 is 0.774 bits per heavy atom. The summed E-state index contributed by atoms with van der Waals surface area (Å²) in [5.74, 6) is -8.74. The molecule has 0 aromatic heterocycles. The molecule has 53 heavy (non-hydrogen) atoms. The van der Waals surface area contributed by atoms with Gasteiger partial charge in [0.1, 0.15) is 31.5 Å². The summed E-state index contributed by atoms with van der Waals surface area (Å²) < 4.78 is 28.8. The first kappa shape index (κ1) is 33.7. The molecule has 0 aromatic carbocycles. The first-order valence-corrected chi connectivity index (χ1v) is 18.5. The summed E-state index contributed by atoms with van der Waals surface area (Å²) in [5.41, 5.74) is -5.48. The fourth-order valence-corrected chi connectivity index (χ4v) is 13.2. The SMILES string of the molecule is CC1=C2C3=C4[C@](C)([C@@H]5C[C@@H]5[C@@]4(O)C[C@@H]4[C@]35OC(=O)C3=C5C[C@H]5[C@](O)(COC(=O)/C=C(/C)COC(=O)CCC(=O)OC3)[C@H]3C[C@H]3[C@]45C)[C@@H](O)[C@@]2(O)OC1=O. The molecule has 13 atom stereocenters. The molecule has 5 fully saturated rings. The average Bonchev–Trinajstić information content (AvgIpc) is 4.01. The molecule has 7 aliphatic carbocycles. The van der Waals surface area contributed by atoms with Crippen LogP contribution in [-0.4, -0.2) is 98.8 Å². The van der Waals surface area contributed by atoms with Crippen LogP contribution in [0.2, 0.25) is 0 Å². The van der Waals surface area contributed by atoms with Crippen molar-refractivity contribution >= 4 is 29.8 Å². The lowest BCUT2D eigenvalue weighted by molar-refractivity contribution is -0.244. The largest absolute Gasteiger partial charge is 0.461 e. The van der Waals surface area contributed by atoms with E-state index in [1.54, 1.807) is 13.8 Å². The summed E-state index contributed by atoms with van der Waals surface area (Å²) in [5, 5.41) is 50.2. The maximum absolute atomic E-state index is 14.4. The van der Waals surface area contributed by atoms with E-state index in [4.69, 9.17) is 23.7 Å². The highest BCUT2D eigenvalue weighted by molar-refractivity contribution is 5.98. The maximum Gasteiger partial charge on any atom is 0.338 e. The summed E-state index contributed by atoms with van der Waals surface area (Å²) in [6.07, 6.45) is 0.162. The third-order valence-corrected chi connectivity index (χ3v) is 15.5.